The van der Waals surface area contributed by atoms with Gasteiger partial charge < -0.3 is 15.6 Å². The Balaban J connectivity index is 2.92. The van der Waals surface area contributed by atoms with Crippen LogP contribution in [0.3, 0.4) is 0 Å². The lowest BCUT2D eigenvalue weighted by molar-refractivity contribution is 0.114. The van der Waals surface area contributed by atoms with Gasteiger partial charge >= 0.3 is 6.09 Å². The van der Waals surface area contributed by atoms with Crippen LogP contribution in [-0.4, -0.2) is 17.8 Å². The minimum atomic E-state index is -0.945. The molecule has 0 radical (unpaired) electrons. The van der Waals surface area contributed by atoms with Gasteiger partial charge in [-0.3, -0.25) is 0 Å². The fourth-order valence-electron chi connectivity index (χ4n) is 1.43. The molecule has 3 N–H and O–H groups in total. The van der Waals surface area contributed by atoms with Crippen molar-refractivity contribution in [2.45, 2.75) is 19.4 Å². The summed E-state index contributed by atoms with van der Waals surface area (Å²) in [6, 6.07) is 4.41. The molecule has 4 nitrogen and oxygen atoms in total. The molecule has 0 unspecified atom stereocenters. The second-order valence-corrected chi connectivity index (χ2v) is 3.41. The number of hydrogen-bond donors (Lipinski definition) is 2. The molecule has 0 spiro atoms. The Bertz CT molecular complexity index is 381. The predicted molar refractivity (Wildman–Crippen MR) is 56.3 cm³/mol. The lowest BCUT2D eigenvalue weighted by Crippen LogP contribution is -2.16. The lowest BCUT2D eigenvalue weighted by atomic mass is 10.0. The molecule has 0 aliphatic carbocycles. The van der Waals surface area contributed by atoms with Crippen LogP contribution in [0.5, 0.6) is 0 Å². The number of aliphatic hydroxyl groups excluding tert-OH is 1. The molecule has 1 aromatic rings. The van der Waals surface area contributed by atoms with Crippen molar-refractivity contribution < 1.29 is 19.0 Å². The topological polar surface area (TPSA) is 72.5 Å². The van der Waals surface area contributed by atoms with Crippen LogP contribution in [-0.2, 0) is 11.2 Å². The Morgan fingerprint density at radius 2 is 2.31 bits per heavy atom. The molecule has 1 amide bonds. The van der Waals surface area contributed by atoms with Crippen molar-refractivity contribution in [3.8, 4) is 0 Å². The van der Waals surface area contributed by atoms with E-state index < -0.39 is 18.0 Å². The van der Waals surface area contributed by atoms with Crippen LogP contribution < -0.4 is 5.73 Å². The molecule has 0 aromatic heterocycles. The Morgan fingerprint density at radius 3 is 2.88 bits per heavy atom. The number of nitrogens with two attached hydrogens (primary N) is 1. The smallest absolute Gasteiger partial charge is 0.405 e. The number of rotatable bonds is 4. The first-order valence-electron chi connectivity index (χ1n) is 4.90. The lowest BCUT2D eigenvalue weighted by Gasteiger charge is -2.13. The summed E-state index contributed by atoms with van der Waals surface area (Å²) >= 11 is 0. The third-order valence-electron chi connectivity index (χ3n) is 2.19. The Labute approximate surface area is 92.8 Å². The van der Waals surface area contributed by atoms with E-state index in [2.05, 4.69) is 4.74 Å². The highest BCUT2D eigenvalue weighted by molar-refractivity contribution is 5.65. The summed E-state index contributed by atoms with van der Waals surface area (Å²) in [4.78, 5) is 10.5. The first-order chi connectivity index (χ1) is 7.54. The standard InChI is InChI=1S/C11H14FNO3/c1-7(16-11(13)15)9-6-8(4-5-14)2-3-10(9)12/h2-3,6-7,14H,4-5H2,1H3,(H2,13,15)/t7-/m1/s1. The van der Waals surface area contributed by atoms with Crippen LogP contribution >= 0.6 is 0 Å². The van der Waals surface area contributed by atoms with Crippen molar-refractivity contribution in [1.29, 1.82) is 0 Å². The summed E-state index contributed by atoms with van der Waals surface area (Å²) in [5.74, 6) is -0.463. The largest absolute Gasteiger partial charge is 0.442 e. The Hall–Kier alpha value is -1.62. The van der Waals surface area contributed by atoms with Gasteiger partial charge in [0.1, 0.15) is 11.9 Å². The van der Waals surface area contributed by atoms with Gasteiger partial charge in [0, 0.05) is 12.2 Å². The molecule has 0 aliphatic heterocycles. The molecule has 5 heteroatoms. The Kier molecular flexibility index (Phi) is 4.25. The van der Waals surface area contributed by atoms with Gasteiger partial charge in [-0.05, 0) is 31.0 Å². The van der Waals surface area contributed by atoms with Crippen LogP contribution in [0.1, 0.15) is 24.2 Å². The summed E-state index contributed by atoms with van der Waals surface area (Å²) < 4.78 is 18.1. The third kappa shape index (κ3) is 3.20. The van der Waals surface area contributed by atoms with E-state index in [-0.39, 0.29) is 12.2 Å². The average molecular weight is 227 g/mol. The van der Waals surface area contributed by atoms with Gasteiger partial charge in [-0.2, -0.15) is 0 Å². The van der Waals surface area contributed by atoms with Gasteiger partial charge in [0.05, 0.1) is 0 Å². The number of carbonyl (C=O) groups excluding carboxylic acids is 1. The first-order valence-corrected chi connectivity index (χ1v) is 4.90. The van der Waals surface area contributed by atoms with Crippen molar-refractivity contribution in [2.75, 3.05) is 6.61 Å². The van der Waals surface area contributed by atoms with Crippen LogP contribution in [0.4, 0.5) is 9.18 Å². The molecule has 1 rings (SSSR count). The number of halogens is 1. The molecule has 16 heavy (non-hydrogen) atoms. The highest BCUT2D eigenvalue weighted by atomic mass is 19.1. The molecular formula is C11H14FNO3. The number of ether oxygens (including phenoxy) is 1. The normalized spacial score (nSPS) is 12.2. The molecule has 0 saturated carbocycles. The number of primary amides is 1. The number of aliphatic hydroxyl groups is 1. The molecule has 0 bridgehead atoms. The maximum absolute atomic E-state index is 13.4. The average Bonchev–Trinajstić information content (AvgIpc) is 2.20. The zero-order valence-corrected chi connectivity index (χ0v) is 8.94. The third-order valence-corrected chi connectivity index (χ3v) is 2.19. The summed E-state index contributed by atoms with van der Waals surface area (Å²) in [7, 11) is 0. The number of benzene rings is 1. The summed E-state index contributed by atoms with van der Waals surface area (Å²) in [5, 5.41) is 8.76. The van der Waals surface area contributed by atoms with E-state index in [1.807, 2.05) is 0 Å². The van der Waals surface area contributed by atoms with Crippen LogP contribution in [0.25, 0.3) is 0 Å². The molecular weight excluding hydrogens is 213 g/mol. The monoisotopic (exact) mass is 227 g/mol. The van der Waals surface area contributed by atoms with Gasteiger partial charge in [-0.25, -0.2) is 9.18 Å². The van der Waals surface area contributed by atoms with Gasteiger partial charge in [0.2, 0.25) is 0 Å². The maximum atomic E-state index is 13.4. The maximum Gasteiger partial charge on any atom is 0.405 e. The minimum Gasteiger partial charge on any atom is -0.442 e. The van der Waals surface area contributed by atoms with E-state index in [9.17, 15) is 9.18 Å². The van der Waals surface area contributed by atoms with Gasteiger partial charge in [-0.15, -0.1) is 0 Å². The zero-order chi connectivity index (χ0) is 12.1. The van der Waals surface area contributed by atoms with E-state index >= 15 is 0 Å². The molecule has 0 heterocycles. The summed E-state index contributed by atoms with van der Waals surface area (Å²) in [6.45, 7) is 1.52. The molecule has 88 valence electrons. The fourth-order valence-corrected chi connectivity index (χ4v) is 1.43. The van der Waals surface area contributed by atoms with Crippen molar-refractivity contribution >= 4 is 6.09 Å². The van der Waals surface area contributed by atoms with Crippen molar-refractivity contribution in [2.24, 2.45) is 5.73 Å². The number of amides is 1. The van der Waals surface area contributed by atoms with Gasteiger partial charge in [-0.1, -0.05) is 6.07 Å². The first kappa shape index (κ1) is 12.4. The van der Waals surface area contributed by atoms with Crippen LogP contribution in [0.15, 0.2) is 18.2 Å². The highest BCUT2D eigenvalue weighted by Gasteiger charge is 2.14. The van der Waals surface area contributed by atoms with Crippen molar-refractivity contribution in [3.05, 3.63) is 35.1 Å². The summed E-state index contributed by atoms with van der Waals surface area (Å²) in [6.07, 6.45) is -1.26. The minimum absolute atomic E-state index is 0.0177. The Morgan fingerprint density at radius 1 is 1.62 bits per heavy atom. The molecule has 1 atom stereocenters. The second kappa shape index (κ2) is 5.46. The molecule has 0 saturated heterocycles. The van der Waals surface area contributed by atoms with E-state index in [1.165, 1.54) is 13.0 Å². The number of hydrogen-bond acceptors (Lipinski definition) is 3. The van der Waals surface area contributed by atoms with E-state index in [4.69, 9.17) is 10.8 Å². The van der Waals surface area contributed by atoms with Crippen molar-refractivity contribution in [3.63, 3.8) is 0 Å². The van der Waals surface area contributed by atoms with Gasteiger partial charge in [0.15, 0.2) is 0 Å². The number of carbonyl (C=O) groups is 1. The highest BCUT2D eigenvalue weighted by Crippen LogP contribution is 2.21. The van der Waals surface area contributed by atoms with Crippen molar-refractivity contribution in [1.82, 2.24) is 0 Å². The van der Waals surface area contributed by atoms with E-state index in [0.717, 1.165) is 5.56 Å². The fraction of sp³-hybridized carbons (Fsp3) is 0.364. The molecule has 1 aromatic carbocycles. The second-order valence-electron chi connectivity index (χ2n) is 3.41. The molecule has 0 fully saturated rings. The van der Waals surface area contributed by atoms with E-state index in [0.29, 0.717) is 6.42 Å². The van der Waals surface area contributed by atoms with Crippen LogP contribution in [0.2, 0.25) is 0 Å². The quantitative estimate of drug-likeness (QED) is 0.819. The zero-order valence-electron chi connectivity index (χ0n) is 8.94. The SMILES string of the molecule is C[C@@H](OC(N)=O)c1cc(CCO)ccc1F. The van der Waals surface area contributed by atoms with Gasteiger partial charge in [0.25, 0.3) is 0 Å². The van der Waals surface area contributed by atoms with Crippen LogP contribution in [0, 0.1) is 5.82 Å². The predicted octanol–water partition coefficient (Wildman–Crippen LogP) is 1.52. The summed E-state index contributed by atoms with van der Waals surface area (Å²) in [5.41, 5.74) is 5.88. The molecule has 0 aliphatic rings. The van der Waals surface area contributed by atoms with E-state index in [1.54, 1.807) is 12.1 Å².